The van der Waals surface area contributed by atoms with Crippen LogP contribution in [0, 0.1) is 5.82 Å². The topological polar surface area (TPSA) is 96.0 Å². The summed E-state index contributed by atoms with van der Waals surface area (Å²) in [7, 11) is -1.34. The molecule has 1 atom stereocenters. The monoisotopic (exact) mass is 623 g/mol. The molecule has 224 valence electrons. The zero-order chi connectivity index (χ0) is 31.0. The molecule has 11 heteroatoms. The molecular formula is C32H31ClFN3O5S. The van der Waals surface area contributed by atoms with Crippen molar-refractivity contribution >= 4 is 39.1 Å². The summed E-state index contributed by atoms with van der Waals surface area (Å²) in [4.78, 5) is 28.7. The third kappa shape index (κ3) is 7.91. The standard InChI is InChI=1S/C32H31ClFN3O5S/c1-35-32(39)30(20-23-6-4-3-5-7-23)36(21-24-8-12-26(34)13-9-24)31(38)22-37(27-14-10-25(33)11-15-27)43(40,41)29-18-16-28(42-2)17-19-29/h3-19,30H,20-22H2,1-2H3,(H,35,39)/t30-/m1/s1. The highest BCUT2D eigenvalue weighted by Crippen LogP contribution is 2.27. The van der Waals surface area contributed by atoms with Crippen molar-refractivity contribution in [3.8, 4) is 5.75 Å². The van der Waals surface area contributed by atoms with E-state index in [0.29, 0.717) is 16.3 Å². The second-order valence-corrected chi connectivity index (χ2v) is 11.9. The van der Waals surface area contributed by atoms with Crippen LogP contribution in [0.5, 0.6) is 5.75 Å². The van der Waals surface area contributed by atoms with Crippen LogP contribution in [0.15, 0.2) is 108 Å². The van der Waals surface area contributed by atoms with E-state index in [1.165, 1.54) is 91.9 Å². The minimum Gasteiger partial charge on any atom is -0.497 e. The van der Waals surface area contributed by atoms with E-state index in [2.05, 4.69) is 5.32 Å². The molecule has 4 rings (SSSR count). The van der Waals surface area contributed by atoms with Gasteiger partial charge >= 0.3 is 0 Å². The van der Waals surface area contributed by atoms with Crippen LogP contribution in [-0.4, -0.2) is 51.9 Å². The SMILES string of the molecule is CNC(=O)[C@@H](Cc1ccccc1)N(Cc1ccc(F)cc1)C(=O)CN(c1ccc(Cl)cc1)S(=O)(=O)c1ccc(OC)cc1. The third-order valence-electron chi connectivity index (χ3n) is 6.82. The van der Waals surface area contributed by atoms with Gasteiger partial charge in [-0.05, 0) is 71.8 Å². The number of amides is 2. The van der Waals surface area contributed by atoms with Crippen LogP contribution in [0.2, 0.25) is 5.02 Å². The zero-order valence-electron chi connectivity index (χ0n) is 23.6. The molecule has 0 radical (unpaired) electrons. The van der Waals surface area contributed by atoms with Crippen LogP contribution in [0.25, 0.3) is 0 Å². The molecule has 0 bridgehead atoms. The number of methoxy groups -OCH3 is 1. The molecule has 0 unspecified atom stereocenters. The Bertz CT molecular complexity index is 1640. The Morgan fingerprint density at radius 3 is 2.09 bits per heavy atom. The lowest BCUT2D eigenvalue weighted by Crippen LogP contribution is -2.53. The summed E-state index contributed by atoms with van der Waals surface area (Å²) in [6.07, 6.45) is 0.166. The molecule has 0 saturated heterocycles. The number of anilines is 1. The minimum atomic E-state index is -4.27. The fourth-order valence-electron chi connectivity index (χ4n) is 4.52. The first-order valence-corrected chi connectivity index (χ1v) is 15.2. The fourth-order valence-corrected chi connectivity index (χ4v) is 6.06. The lowest BCUT2D eigenvalue weighted by atomic mass is 10.0. The second-order valence-electron chi connectivity index (χ2n) is 9.63. The quantitative estimate of drug-likeness (QED) is 0.238. The van der Waals surface area contributed by atoms with E-state index < -0.39 is 40.2 Å². The third-order valence-corrected chi connectivity index (χ3v) is 8.86. The van der Waals surface area contributed by atoms with E-state index in [0.717, 1.165) is 9.87 Å². The highest BCUT2D eigenvalue weighted by Gasteiger charge is 2.34. The van der Waals surface area contributed by atoms with Gasteiger partial charge in [0.05, 0.1) is 17.7 Å². The number of nitrogens with one attached hydrogen (secondary N) is 1. The molecule has 0 aliphatic heterocycles. The summed E-state index contributed by atoms with van der Waals surface area (Å²) < 4.78 is 47.8. The lowest BCUT2D eigenvalue weighted by Gasteiger charge is -2.33. The van der Waals surface area contributed by atoms with Crippen LogP contribution < -0.4 is 14.4 Å². The number of carbonyl (C=O) groups is 2. The summed E-state index contributed by atoms with van der Waals surface area (Å²) >= 11 is 6.08. The molecule has 0 aliphatic rings. The normalized spacial score (nSPS) is 11.8. The predicted octanol–water partition coefficient (Wildman–Crippen LogP) is 5.07. The average molecular weight is 624 g/mol. The van der Waals surface area contributed by atoms with Crippen molar-refractivity contribution in [1.29, 1.82) is 0 Å². The Hall–Kier alpha value is -4.41. The zero-order valence-corrected chi connectivity index (χ0v) is 25.2. The molecule has 0 spiro atoms. The number of ether oxygens (including phenoxy) is 1. The first kappa shape index (κ1) is 31.5. The van der Waals surface area contributed by atoms with E-state index in [9.17, 15) is 22.4 Å². The number of carbonyl (C=O) groups excluding carboxylic acids is 2. The molecule has 1 N–H and O–H groups in total. The maximum absolute atomic E-state index is 14.2. The summed E-state index contributed by atoms with van der Waals surface area (Å²) in [5, 5.41) is 3.01. The van der Waals surface area contributed by atoms with Gasteiger partial charge in [0.2, 0.25) is 11.8 Å². The maximum Gasteiger partial charge on any atom is 0.264 e. The smallest absolute Gasteiger partial charge is 0.264 e. The lowest BCUT2D eigenvalue weighted by molar-refractivity contribution is -0.139. The van der Waals surface area contributed by atoms with Gasteiger partial charge in [0.15, 0.2) is 0 Å². The predicted molar refractivity (Wildman–Crippen MR) is 164 cm³/mol. The molecule has 4 aromatic rings. The molecular weight excluding hydrogens is 593 g/mol. The summed E-state index contributed by atoms with van der Waals surface area (Å²) in [5.41, 5.74) is 1.57. The van der Waals surface area contributed by atoms with Gasteiger partial charge in [-0.3, -0.25) is 13.9 Å². The van der Waals surface area contributed by atoms with E-state index in [4.69, 9.17) is 16.3 Å². The average Bonchev–Trinajstić information content (AvgIpc) is 3.03. The van der Waals surface area contributed by atoms with Gasteiger partial charge in [-0.2, -0.15) is 0 Å². The maximum atomic E-state index is 14.2. The molecule has 2 amide bonds. The van der Waals surface area contributed by atoms with Gasteiger partial charge in [0, 0.05) is 25.0 Å². The van der Waals surface area contributed by atoms with Crippen molar-refractivity contribution in [2.75, 3.05) is 25.0 Å². The van der Waals surface area contributed by atoms with E-state index in [1.807, 2.05) is 30.3 Å². The van der Waals surface area contributed by atoms with Crippen molar-refractivity contribution in [2.24, 2.45) is 0 Å². The van der Waals surface area contributed by atoms with E-state index in [1.54, 1.807) is 0 Å². The number of nitrogens with zero attached hydrogens (tertiary/aromatic N) is 2. The number of rotatable bonds is 12. The fraction of sp³-hybridized carbons (Fsp3) is 0.188. The Balaban J connectivity index is 1.77. The van der Waals surface area contributed by atoms with Gasteiger partial charge < -0.3 is 15.0 Å². The van der Waals surface area contributed by atoms with Crippen LogP contribution in [0.4, 0.5) is 10.1 Å². The molecule has 0 heterocycles. The number of likely N-dealkylation sites (N-methyl/N-ethyl adjacent to an activating group) is 1. The van der Waals surface area contributed by atoms with Crippen molar-refractivity contribution in [3.63, 3.8) is 0 Å². The molecule has 43 heavy (non-hydrogen) atoms. The van der Waals surface area contributed by atoms with Gasteiger partial charge in [-0.25, -0.2) is 12.8 Å². The minimum absolute atomic E-state index is 0.0618. The number of halogens is 2. The number of benzene rings is 4. The van der Waals surface area contributed by atoms with Crippen LogP contribution in [0.3, 0.4) is 0 Å². The molecule has 0 aromatic heterocycles. The molecule has 0 saturated carbocycles. The Kier molecular flexibility index (Phi) is 10.4. The highest BCUT2D eigenvalue weighted by molar-refractivity contribution is 7.92. The Morgan fingerprint density at radius 2 is 1.51 bits per heavy atom. The molecule has 4 aromatic carbocycles. The van der Waals surface area contributed by atoms with Gasteiger partial charge in [0.25, 0.3) is 10.0 Å². The van der Waals surface area contributed by atoms with Crippen molar-refractivity contribution in [3.05, 3.63) is 125 Å². The van der Waals surface area contributed by atoms with Crippen LogP contribution in [-0.2, 0) is 32.6 Å². The summed E-state index contributed by atoms with van der Waals surface area (Å²) in [6.45, 7) is -0.694. The molecule has 0 fully saturated rings. The van der Waals surface area contributed by atoms with E-state index in [-0.39, 0.29) is 23.5 Å². The van der Waals surface area contributed by atoms with Crippen molar-refractivity contribution in [1.82, 2.24) is 10.2 Å². The summed E-state index contributed by atoms with van der Waals surface area (Å²) in [6, 6.07) is 25.6. The Labute approximate surface area is 255 Å². The van der Waals surface area contributed by atoms with Crippen LogP contribution in [0.1, 0.15) is 11.1 Å². The number of sulfonamides is 1. The van der Waals surface area contributed by atoms with Gasteiger partial charge in [-0.15, -0.1) is 0 Å². The number of hydrogen-bond acceptors (Lipinski definition) is 5. The number of hydrogen-bond donors (Lipinski definition) is 1. The first-order valence-electron chi connectivity index (χ1n) is 13.3. The van der Waals surface area contributed by atoms with E-state index >= 15 is 0 Å². The summed E-state index contributed by atoms with van der Waals surface area (Å²) in [5.74, 6) is -1.06. The second kappa shape index (κ2) is 14.2. The Morgan fingerprint density at radius 1 is 0.884 bits per heavy atom. The molecule has 0 aliphatic carbocycles. The van der Waals surface area contributed by atoms with Crippen LogP contribution >= 0.6 is 11.6 Å². The van der Waals surface area contributed by atoms with Crippen molar-refractivity contribution < 1.29 is 27.1 Å². The largest absolute Gasteiger partial charge is 0.497 e. The highest BCUT2D eigenvalue weighted by atomic mass is 35.5. The molecule has 8 nitrogen and oxygen atoms in total. The first-order chi connectivity index (χ1) is 20.6. The van der Waals surface area contributed by atoms with Crippen molar-refractivity contribution in [2.45, 2.75) is 23.9 Å². The van der Waals surface area contributed by atoms with Gasteiger partial charge in [-0.1, -0.05) is 54.1 Å². The van der Waals surface area contributed by atoms with Gasteiger partial charge in [0.1, 0.15) is 24.2 Å².